The molecule has 0 amide bonds. The Hall–Kier alpha value is -1.61. The van der Waals surface area contributed by atoms with Crippen molar-refractivity contribution in [3.63, 3.8) is 0 Å². The molecule has 0 spiro atoms. The molecule has 0 saturated heterocycles. The third-order valence-corrected chi connectivity index (χ3v) is 2.72. The maximum atomic E-state index is 13.3. The Morgan fingerprint density at radius 2 is 1.59 bits per heavy atom. The molecule has 0 unspecified atom stereocenters. The van der Waals surface area contributed by atoms with Gasteiger partial charge in [0, 0.05) is 12.1 Å². The van der Waals surface area contributed by atoms with Crippen LogP contribution < -0.4 is 5.32 Å². The van der Waals surface area contributed by atoms with Crippen molar-refractivity contribution in [1.29, 1.82) is 0 Å². The Labute approximate surface area is 103 Å². The van der Waals surface area contributed by atoms with Crippen LogP contribution in [0.15, 0.2) is 42.5 Å². The van der Waals surface area contributed by atoms with Crippen molar-refractivity contribution in [2.45, 2.75) is 6.54 Å². The highest BCUT2D eigenvalue weighted by molar-refractivity contribution is 6.33. The van der Waals surface area contributed by atoms with Crippen molar-refractivity contribution in [3.05, 3.63) is 64.7 Å². The van der Waals surface area contributed by atoms with Crippen LogP contribution in [-0.4, -0.2) is 0 Å². The molecule has 2 aromatic rings. The van der Waals surface area contributed by atoms with Crippen LogP contribution in [0.25, 0.3) is 0 Å². The highest BCUT2D eigenvalue weighted by Gasteiger charge is 2.08. The largest absolute Gasteiger partial charge is 0.380 e. The van der Waals surface area contributed by atoms with Crippen LogP contribution in [0.3, 0.4) is 0 Å². The Bertz CT molecular complexity index is 508. The second-order valence-corrected chi connectivity index (χ2v) is 3.94. The minimum Gasteiger partial charge on any atom is -0.380 e. The van der Waals surface area contributed by atoms with Crippen LogP contribution in [0.4, 0.5) is 14.5 Å². The van der Waals surface area contributed by atoms with Crippen molar-refractivity contribution in [3.8, 4) is 0 Å². The van der Waals surface area contributed by atoms with Gasteiger partial charge in [0.15, 0.2) is 0 Å². The van der Waals surface area contributed by atoms with Gasteiger partial charge in [0.05, 0.1) is 10.7 Å². The van der Waals surface area contributed by atoms with Gasteiger partial charge in [-0.3, -0.25) is 0 Å². The molecule has 2 aromatic carbocycles. The van der Waals surface area contributed by atoms with Gasteiger partial charge in [0.25, 0.3) is 0 Å². The zero-order chi connectivity index (χ0) is 12.3. The van der Waals surface area contributed by atoms with Gasteiger partial charge in [-0.05, 0) is 24.3 Å². The molecule has 0 aromatic heterocycles. The van der Waals surface area contributed by atoms with E-state index in [0.717, 1.165) is 0 Å². The first-order valence-electron chi connectivity index (χ1n) is 5.10. The minimum atomic E-state index is -0.565. The van der Waals surface area contributed by atoms with Gasteiger partial charge in [0.2, 0.25) is 0 Å². The number of rotatable bonds is 3. The zero-order valence-electron chi connectivity index (χ0n) is 8.88. The Morgan fingerprint density at radius 1 is 0.941 bits per heavy atom. The molecule has 2 rings (SSSR count). The molecule has 0 fully saturated rings. The number of hydrogen-bond donors (Lipinski definition) is 1. The van der Waals surface area contributed by atoms with Crippen LogP contribution in [0.2, 0.25) is 5.02 Å². The van der Waals surface area contributed by atoms with E-state index in [0.29, 0.717) is 10.7 Å². The lowest BCUT2D eigenvalue weighted by Gasteiger charge is -2.09. The lowest BCUT2D eigenvalue weighted by Crippen LogP contribution is -2.04. The Balaban J connectivity index is 2.16. The molecule has 0 atom stereocenters. The van der Waals surface area contributed by atoms with Crippen LogP contribution in [0.5, 0.6) is 0 Å². The van der Waals surface area contributed by atoms with Crippen molar-refractivity contribution in [1.82, 2.24) is 0 Å². The van der Waals surface area contributed by atoms with Crippen LogP contribution in [0, 0.1) is 11.6 Å². The summed E-state index contributed by atoms with van der Waals surface area (Å²) in [7, 11) is 0. The first-order valence-corrected chi connectivity index (χ1v) is 5.47. The molecule has 1 nitrogen and oxygen atoms in total. The van der Waals surface area contributed by atoms with Gasteiger partial charge in [0.1, 0.15) is 11.6 Å². The molecule has 0 bridgehead atoms. The smallest absolute Gasteiger partial charge is 0.131 e. The highest BCUT2D eigenvalue weighted by Crippen LogP contribution is 2.22. The van der Waals surface area contributed by atoms with E-state index >= 15 is 0 Å². The Morgan fingerprint density at radius 3 is 2.24 bits per heavy atom. The fraction of sp³-hybridized carbons (Fsp3) is 0.0769. The third kappa shape index (κ3) is 2.74. The Kier molecular flexibility index (Phi) is 3.59. The van der Waals surface area contributed by atoms with Gasteiger partial charge in [-0.2, -0.15) is 0 Å². The molecule has 0 radical (unpaired) electrons. The number of benzene rings is 2. The van der Waals surface area contributed by atoms with E-state index in [9.17, 15) is 8.78 Å². The van der Waals surface area contributed by atoms with E-state index in [2.05, 4.69) is 5.32 Å². The standard InChI is InChI=1S/C13H10ClF2N/c14-10-4-1-2-7-13(10)17-8-9-11(15)5-3-6-12(9)16/h1-7,17H,8H2. The quantitative estimate of drug-likeness (QED) is 0.863. The second kappa shape index (κ2) is 5.15. The van der Waals surface area contributed by atoms with Crippen LogP contribution in [-0.2, 0) is 6.54 Å². The van der Waals surface area contributed by atoms with Crippen molar-refractivity contribution >= 4 is 17.3 Å². The van der Waals surface area contributed by atoms with Crippen LogP contribution >= 0.6 is 11.6 Å². The lowest BCUT2D eigenvalue weighted by molar-refractivity contribution is 0.560. The van der Waals surface area contributed by atoms with Gasteiger partial charge < -0.3 is 5.32 Å². The van der Waals surface area contributed by atoms with Gasteiger partial charge in [-0.25, -0.2) is 8.78 Å². The summed E-state index contributed by atoms with van der Waals surface area (Å²) in [5, 5.41) is 3.42. The molecule has 0 aliphatic heterocycles. The summed E-state index contributed by atoms with van der Waals surface area (Å²) in [4.78, 5) is 0. The lowest BCUT2D eigenvalue weighted by atomic mass is 10.2. The van der Waals surface area contributed by atoms with Crippen molar-refractivity contribution in [2.24, 2.45) is 0 Å². The fourth-order valence-corrected chi connectivity index (χ4v) is 1.69. The molecule has 1 N–H and O–H groups in total. The number of nitrogens with one attached hydrogen (secondary N) is 1. The maximum Gasteiger partial charge on any atom is 0.131 e. The van der Waals surface area contributed by atoms with Crippen molar-refractivity contribution < 1.29 is 8.78 Å². The number of para-hydroxylation sites is 1. The van der Waals surface area contributed by atoms with E-state index in [1.54, 1.807) is 24.3 Å². The molecule has 0 aliphatic rings. The molecular formula is C13H10ClF2N. The monoisotopic (exact) mass is 253 g/mol. The maximum absolute atomic E-state index is 13.3. The molecular weight excluding hydrogens is 244 g/mol. The van der Waals surface area contributed by atoms with Crippen LogP contribution in [0.1, 0.15) is 5.56 Å². The fourth-order valence-electron chi connectivity index (χ4n) is 1.49. The number of anilines is 1. The number of hydrogen-bond acceptors (Lipinski definition) is 1. The van der Waals surface area contributed by atoms with Gasteiger partial charge in [-0.1, -0.05) is 29.8 Å². The van der Waals surface area contributed by atoms with E-state index in [4.69, 9.17) is 11.6 Å². The van der Waals surface area contributed by atoms with Crippen molar-refractivity contribution in [2.75, 3.05) is 5.32 Å². The minimum absolute atomic E-state index is 0.00687. The van der Waals surface area contributed by atoms with Gasteiger partial charge >= 0.3 is 0 Å². The predicted octanol–water partition coefficient (Wildman–Crippen LogP) is 4.23. The summed E-state index contributed by atoms with van der Waals surface area (Å²) in [5.41, 5.74) is 0.657. The molecule has 17 heavy (non-hydrogen) atoms. The molecule has 4 heteroatoms. The number of halogens is 3. The summed E-state index contributed by atoms with van der Waals surface area (Å²) in [6, 6.07) is 10.8. The van der Waals surface area contributed by atoms with E-state index in [1.807, 2.05) is 0 Å². The topological polar surface area (TPSA) is 12.0 Å². The summed E-state index contributed by atoms with van der Waals surface area (Å²) < 4.78 is 26.7. The molecule has 88 valence electrons. The summed E-state index contributed by atoms with van der Waals surface area (Å²) in [5.74, 6) is -1.13. The zero-order valence-corrected chi connectivity index (χ0v) is 9.64. The van der Waals surface area contributed by atoms with E-state index in [1.165, 1.54) is 18.2 Å². The average Bonchev–Trinajstić information content (AvgIpc) is 2.30. The first-order chi connectivity index (χ1) is 8.18. The molecule has 0 aliphatic carbocycles. The summed E-state index contributed by atoms with van der Waals surface area (Å²) >= 11 is 5.92. The highest BCUT2D eigenvalue weighted by atomic mass is 35.5. The molecule has 0 heterocycles. The second-order valence-electron chi connectivity index (χ2n) is 3.53. The third-order valence-electron chi connectivity index (χ3n) is 2.39. The molecule has 0 saturated carbocycles. The SMILES string of the molecule is Fc1cccc(F)c1CNc1ccccc1Cl. The summed E-state index contributed by atoms with van der Waals surface area (Å²) in [6.45, 7) is 0.0578. The normalized spacial score (nSPS) is 10.3. The van der Waals surface area contributed by atoms with Gasteiger partial charge in [-0.15, -0.1) is 0 Å². The summed E-state index contributed by atoms with van der Waals surface area (Å²) in [6.07, 6.45) is 0. The first kappa shape index (κ1) is 11.9. The van der Waals surface area contributed by atoms with E-state index < -0.39 is 11.6 Å². The average molecular weight is 254 g/mol. The van der Waals surface area contributed by atoms with E-state index in [-0.39, 0.29) is 12.1 Å². The predicted molar refractivity (Wildman–Crippen MR) is 65.1 cm³/mol.